The first-order valence-corrected chi connectivity index (χ1v) is 12.9. The molecular weight excluding hydrogens is 460 g/mol. The molecule has 5 nitrogen and oxygen atoms in total. The molecule has 7 heteroatoms. The molecule has 0 radical (unpaired) electrons. The van der Waals surface area contributed by atoms with Crippen LogP contribution in [-0.2, 0) is 4.79 Å². The van der Waals surface area contributed by atoms with E-state index in [-0.39, 0.29) is 17.7 Å². The summed E-state index contributed by atoms with van der Waals surface area (Å²) in [4.78, 5) is 23.1. The summed E-state index contributed by atoms with van der Waals surface area (Å²) >= 11 is 3.02. The van der Waals surface area contributed by atoms with Gasteiger partial charge in [0.15, 0.2) is 0 Å². The molecule has 6 rings (SSSR count). The second-order valence-corrected chi connectivity index (χ2v) is 9.94. The first-order chi connectivity index (χ1) is 16.8. The summed E-state index contributed by atoms with van der Waals surface area (Å²) in [6.45, 7) is 0. The van der Waals surface area contributed by atoms with E-state index in [1.54, 1.807) is 22.7 Å². The number of carbonyl (C=O) groups excluding carboxylic acids is 1. The average molecular weight is 481 g/mol. The summed E-state index contributed by atoms with van der Waals surface area (Å²) in [5.74, 6) is 0.233. The van der Waals surface area contributed by atoms with Gasteiger partial charge in [-0.2, -0.15) is 5.10 Å². The van der Waals surface area contributed by atoms with Gasteiger partial charge in [-0.05, 0) is 39.4 Å². The number of nitrogens with zero attached hydrogens (tertiary/aromatic N) is 4. The number of rotatable bonds is 5. The van der Waals surface area contributed by atoms with Crippen LogP contribution in [0.15, 0.2) is 101 Å². The topological polar surface area (TPSA) is 58.5 Å². The number of hydrogen-bond acceptors (Lipinski definition) is 6. The molecule has 3 heterocycles. The van der Waals surface area contributed by atoms with Crippen molar-refractivity contribution in [1.82, 2.24) is 15.0 Å². The van der Waals surface area contributed by atoms with Crippen molar-refractivity contribution >= 4 is 55.7 Å². The molecule has 1 unspecified atom stereocenters. The molecule has 34 heavy (non-hydrogen) atoms. The number of fused-ring (bicyclic) bond motifs is 2. The van der Waals surface area contributed by atoms with Crippen molar-refractivity contribution in [2.75, 3.05) is 5.75 Å². The van der Waals surface area contributed by atoms with Gasteiger partial charge in [0.1, 0.15) is 16.2 Å². The Kier molecular flexibility index (Phi) is 5.57. The lowest BCUT2D eigenvalue weighted by atomic mass is 9.97. The van der Waals surface area contributed by atoms with Gasteiger partial charge in [-0.1, -0.05) is 78.5 Å². The SMILES string of the molecule is O=C(CSc1ncnc2sccc12)N1N=C(c2ccc3ccccc3c2)CC1c1ccccc1. The molecule has 0 N–H and O–H groups in total. The van der Waals surface area contributed by atoms with Gasteiger partial charge in [0.25, 0.3) is 5.91 Å². The van der Waals surface area contributed by atoms with E-state index in [0.29, 0.717) is 6.42 Å². The molecule has 0 spiro atoms. The van der Waals surface area contributed by atoms with Crippen LogP contribution < -0.4 is 0 Å². The lowest BCUT2D eigenvalue weighted by Crippen LogP contribution is -2.28. The molecule has 3 aromatic carbocycles. The minimum absolute atomic E-state index is 0.0309. The molecule has 0 saturated carbocycles. The van der Waals surface area contributed by atoms with E-state index >= 15 is 0 Å². The highest BCUT2D eigenvalue weighted by atomic mass is 32.2. The van der Waals surface area contributed by atoms with Gasteiger partial charge in [-0.15, -0.1) is 11.3 Å². The molecule has 5 aromatic rings. The van der Waals surface area contributed by atoms with E-state index in [4.69, 9.17) is 5.10 Å². The third-order valence-corrected chi connectivity index (χ3v) is 7.80. The highest BCUT2D eigenvalue weighted by molar-refractivity contribution is 8.00. The zero-order valence-electron chi connectivity index (χ0n) is 18.2. The molecule has 0 aliphatic carbocycles. The fourth-order valence-corrected chi connectivity index (χ4v) is 5.93. The number of benzene rings is 3. The van der Waals surface area contributed by atoms with E-state index in [1.807, 2.05) is 41.8 Å². The van der Waals surface area contributed by atoms with Crippen LogP contribution in [-0.4, -0.2) is 32.3 Å². The highest BCUT2D eigenvalue weighted by Gasteiger charge is 2.33. The van der Waals surface area contributed by atoms with E-state index in [0.717, 1.165) is 32.1 Å². The number of thioether (sulfide) groups is 1. The van der Waals surface area contributed by atoms with Gasteiger partial charge in [0.05, 0.1) is 17.5 Å². The summed E-state index contributed by atoms with van der Waals surface area (Å²) in [6.07, 6.45) is 2.24. The van der Waals surface area contributed by atoms with Gasteiger partial charge in [0.2, 0.25) is 0 Å². The first-order valence-electron chi connectivity index (χ1n) is 11.0. The summed E-state index contributed by atoms with van der Waals surface area (Å²) in [7, 11) is 0. The Labute approximate surface area is 205 Å². The van der Waals surface area contributed by atoms with Crippen molar-refractivity contribution < 1.29 is 4.79 Å². The molecule has 0 bridgehead atoms. The maximum atomic E-state index is 13.4. The van der Waals surface area contributed by atoms with Gasteiger partial charge in [-0.25, -0.2) is 15.0 Å². The summed E-state index contributed by atoms with van der Waals surface area (Å²) in [5, 5.41) is 12.7. The van der Waals surface area contributed by atoms with E-state index in [9.17, 15) is 4.79 Å². The van der Waals surface area contributed by atoms with Crippen LogP contribution in [0.4, 0.5) is 0 Å². The Morgan fingerprint density at radius 1 is 0.971 bits per heavy atom. The molecule has 2 aromatic heterocycles. The van der Waals surface area contributed by atoms with E-state index < -0.39 is 0 Å². The van der Waals surface area contributed by atoms with Crippen LogP contribution in [0.1, 0.15) is 23.6 Å². The third kappa shape index (κ3) is 3.97. The first kappa shape index (κ1) is 21.0. The van der Waals surface area contributed by atoms with Crippen LogP contribution in [0.2, 0.25) is 0 Å². The molecule has 1 atom stereocenters. The predicted octanol–water partition coefficient (Wildman–Crippen LogP) is 6.31. The van der Waals surface area contributed by atoms with Gasteiger partial charge < -0.3 is 0 Å². The average Bonchev–Trinajstić information content (AvgIpc) is 3.55. The lowest BCUT2D eigenvalue weighted by molar-refractivity contribution is -0.130. The highest BCUT2D eigenvalue weighted by Crippen LogP contribution is 2.35. The molecule has 1 aliphatic heterocycles. The van der Waals surface area contributed by atoms with Crippen LogP contribution >= 0.6 is 23.1 Å². The van der Waals surface area contributed by atoms with Crippen molar-refractivity contribution in [3.63, 3.8) is 0 Å². The van der Waals surface area contributed by atoms with Crippen molar-refractivity contribution in [1.29, 1.82) is 0 Å². The number of amides is 1. The minimum atomic E-state index is -0.123. The van der Waals surface area contributed by atoms with Crippen molar-refractivity contribution in [2.24, 2.45) is 5.10 Å². The van der Waals surface area contributed by atoms with E-state index in [1.165, 1.54) is 22.5 Å². The summed E-state index contributed by atoms with van der Waals surface area (Å²) in [5.41, 5.74) is 3.07. The summed E-state index contributed by atoms with van der Waals surface area (Å²) in [6, 6.07) is 26.7. The number of thiophene rings is 1. The Hall–Kier alpha value is -3.55. The quantitative estimate of drug-likeness (QED) is 0.218. The fraction of sp³-hybridized carbons (Fsp3) is 0.111. The van der Waals surface area contributed by atoms with Crippen molar-refractivity contribution in [3.05, 3.63) is 102 Å². The second-order valence-electron chi connectivity index (χ2n) is 8.08. The van der Waals surface area contributed by atoms with Gasteiger partial charge >= 0.3 is 0 Å². The Morgan fingerprint density at radius 3 is 2.68 bits per heavy atom. The number of hydrazone groups is 1. The zero-order valence-corrected chi connectivity index (χ0v) is 19.8. The number of aromatic nitrogens is 2. The van der Waals surface area contributed by atoms with Gasteiger partial charge in [0, 0.05) is 11.8 Å². The largest absolute Gasteiger partial charge is 0.272 e. The standard InChI is InChI=1S/C27H20N4OS2/c32-25(16-34-27-22-12-13-33-26(22)28-17-29-27)31-24(19-7-2-1-3-8-19)15-23(30-31)21-11-10-18-6-4-5-9-20(18)14-21/h1-14,17,24H,15-16H2. The Balaban J connectivity index is 1.30. The Bertz CT molecular complexity index is 1530. The summed E-state index contributed by atoms with van der Waals surface area (Å²) < 4.78 is 0. The molecule has 0 saturated heterocycles. The predicted molar refractivity (Wildman–Crippen MR) is 139 cm³/mol. The molecular formula is C27H20N4OS2. The molecule has 0 fully saturated rings. The second kappa shape index (κ2) is 9.00. The normalized spacial score (nSPS) is 15.7. The third-order valence-electron chi connectivity index (χ3n) is 5.99. The maximum Gasteiger partial charge on any atom is 0.253 e. The zero-order chi connectivity index (χ0) is 22.9. The minimum Gasteiger partial charge on any atom is -0.272 e. The molecule has 1 amide bonds. The molecule has 166 valence electrons. The monoisotopic (exact) mass is 480 g/mol. The van der Waals surface area contributed by atoms with E-state index in [2.05, 4.69) is 52.4 Å². The van der Waals surface area contributed by atoms with Gasteiger partial charge in [-0.3, -0.25) is 4.79 Å². The van der Waals surface area contributed by atoms with Crippen LogP contribution in [0, 0.1) is 0 Å². The smallest absolute Gasteiger partial charge is 0.253 e. The number of carbonyl (C=O) groups is 1. The lowest BCUT2D eigenvalue weighted by Gasteiger charge is -2.21. The van der Waals surface area contributed by atoms with Crippen LogP contribution in [0.5, 0.6) is 0 Å². The fourth-order valence-electron chi connectivity index (χ4n) is 4.30. The van der Waals surface area contributed by atoms with Crippen molar-refractivity contribution in [2.45, 2.75) is 17.5 Å². The Morgan fingerprint density at radius 2 is 1.79 bits per heavy atom. The molecule has 1 aliphatic rings. The van der Waals surface area contributed by atoms with Crippen molar-refractivity contribution in [3.8, 4) is 0 Å². The maximum absolute atomic E-state index is 13.4. The van der Waals surface area contributed by atoms with Crippen LogP contribution in [0.3, 0.4) is 0 Å². The van der Waals surface area contributed by atoms with Crippen LogP contribution in [0.25, 0.3) is 21.0 Å². The number of hydrogen-bond donors (Lipinski definition) is 0.